The summed E-state index contributed by atoms with van der Waals surface area (Å²) in [5.74, 6) is 0.348. The molecule has 1 fully saturated rings. The minimum absolute atomic E-state index is 0.177. The van der Waals surface area contributed by atoms with Crippen LogP contribution >= 0.6 is 0 Å². The number of tetrazole rings is 1. The highest BCUT2D eigenvalue weighted by Gasteiger charge is 2.33. The van der Waals surface area contributed by atoms with E-state index < -0.39 is 6.04 Å². The van der Waals surface area contributed by atoms with Gasteiger partial charge >= 0.3 is 0 Å². The van der Waals surface area contributed by atoms with Crippen molar-refractivity contribution in [3.05, 3.63) is 81.7 Å². The van der Waals surface area contributed by atoms with Gasteiger partial charge in [0, 0.05) is 44.4 Å². The minimum atomic E-state index is -0.460. The van der Waals surface area contributed by atoms with Gasteiger partial charge in [-0.05, 0) is 53.1 Å². The van der Waals surface area contributed by atoms with Gasteiger partial charge in [-0.3, -0.25) is 9.69 Å². The van der Waals surface area contributed by atoms with E-state index in [2.05, 4.69) is 31.5 Å². The van der Waals surface area contributed by atoms with Crippen LogP contribution in [0.4, 0.5) is 10.1 Å². The molecule has 35 heavy (non-hydrogen) atoms. The first-order valence-corrected chi connectivity index (χ1v) is 11.7. The molecular weight excluding hydrogens is 449 g/mol. The molecule has 10 heteroatoms. The van der Waals surface area contributed by atoms with Crippen molar-refractivity contribution in [3.63, 3.8) is 0 Å². The Kier molecular flexibility index (Phi) is 6.56. The quantitative estimate of drug-likeness (QED) is 0.437. The lowest BCUT2D eigenvalue weighted by molar-refractivity contribution is 0.171. The second-order valence-electron chi connectivity index (χ2n) is 8.77. The van der Waals surface area contributed by atoms with Crippen LogP contribution in [0.25, 0.3) is 10.9 Å². The standard InChI is InChI=1S/C25H28FN7O2/c1-17-7-8-21-18(15-17)16-19(25(34)27-21)23(24-28-29-30-33(24)13-14-35-2)32-11-9-31(10-12-32)22-6-4-3-5-20(22)26/h3-8,15-16,23H,9-14H2,1-2H3,(H,27,34)/t23-/m0/s1. The number of hydrogen-bond donors (Lipinski definition) is 1. The van der Waals surface area contributed by atoms with Crippen molar-refractivity contribution >= 4 is 16.6 Å². The summed E-state index contributed by atoms with van der Waals surface area (Å²) < 4.78 is 21.3. The van der Waals surface area contributed by atoms with E-state index in [-0.39, 0.29) is 11.4 Å². The van der Waals surface area contributed by atoms with Crippen LogP contribution in [0, 0.1) is 12.7 Å². The van der Waals surface area contributed by atoms with Crippen molar-refractivity contribution in [1.82, 2.24) is 30.1 Å². The van der Waals surface area contributed by atoms with Crippen LogP contribution in [0.1, 0.15) is 23.0 Å². The topological polar surface area (TPSA) is 92.2 Å². The number of aromatic amines is 1. The number of aromatic nitrogens is 5. The lowest BCUT2D eigenvalue weighted by atomic mass is 10.0. The number of nitrogens with zero attached hydrogens (tertiary/aromatic N) is 6. The number of aryl methyl sites for hydroxylation is 1. The molecule has 182 valence electrons. The average molecular weight is 478 g/mol. The number of H-pyrrole nitrogens is 1. The summed E-state index contributed by atoms with van der Waals surface area (Å²) in [6.07, 6.45) is 0. The van der Waals surface area contributed by atoms with Gasteiger partial charge in [0.25, 0.3) is 5.56 Å². The molecule has 0 saturated carbocycles. The lowest BCUT2D eigenvalue weighted by Gasteiger charge is -2.39. The van der Waals surface area contributed by atoms with Crippen LogP contribution in [0.5, 0.6) is 0 Å². The number of rotatable bonds is 7. The van der Waals surface area contributed by atoms with Crippen molar-refractivity contribution in [1.29, 1.82) is 0 Å². The summed E-state index contributed by atoms with van der Waals surface area (Å²) in [5.41, 5.74) is 2.88. The summed E-state index contributed by atoms with van der Waals surface area (Å²) in [6.45, 7) is 5.38. The molecule has 4 aromatic rings. The Morgan fingerprint density at radius 3 is 2.69 bits per heavy atom. The van der Waals surface area contributed by atoms with Crippen molar-refractivity contribution in [2.45, 2.75) is 19.5 Å². The summed E-state index contributed by atoms with van der Waals surface area (Å²) in [7, 11) is 1.62. The van der Waals surface area contributed by atoms with Gasteiger partial charge in [-0.1, -0.05) is 23.8 Å². The molecule has 0 unspecified atom stereocenters. The van der Waals surface area contributed by atoms with Gasteiger partial charge < -0.3 is 14.6 Å². The Labute approximate surface area is 202 Å². The van der Waals surface area contributed by atoms with Gasteiger partial charge in [0.2, 0.25) is 0 Å². The van der Waals surface area contributed by atoms with E-state index in [0.717, 1.165) is 16.5 Å². The zero-order chi connectivity index (χ0) is 24.4. The molecule has 1 atom stereocenters. The highest BCUT2D eigenvalue weighted by atomic mass is 19.1. The summed E-state index contributed by atoms with van der Waals surface area (Å²) in [6, 6.07) is 14.2. The normalized spacial score (nSPS) is 15.6. The minimum Gasteiger partial charge on any atom is -0.383 e. The fourth-order valence-corrected chi connectivity index (χ4v) is 4.72. The number of pyridine rings is 1. The van der Waals surface area contributed by atoms with Gasteiger partial charge in [-0.25, -0.2) is 9.07 Å². The van der Waals surface area contributed by atoms with E-state index in [1.807, 2.05) is 36.1 Å². The predicted molar refractivity (Wildman–Crippen MR) is 131 cm³/mol. The fourth-order valence-electron chi connectivity index (χ4n) is 4.72. The number of halogens is 1. The Hall–Kier alpha value is -3.63. The van der Waals surface area contributed by atoms with Crippen molar-refractivity contribution in [2.24, 2.45) is 0 Å². The van der Waals surface area contributed by atoms with Crippen LogP contribution in [0.2, 0.25) is 0 Å². The molecule has 0 aliphatic carbocycles. The van der Waals surface area contributed by atoms with Crippen molar-refractivity contribution in [3.8, 4) is 0 Å². The molecule has 1 aliphatic rings. The number of hydrogen-bond acceptors (Lipinski definition) is 7. The number of benzene rings is 2. The molecule has 0 bridgehead atoms. The SMILES string of the molecule is COCCn1nnnc1[C@H](c1cc2cc(C)ccc2[nH]c1=O)N1CCN(c2ccccc2F)CC1. The summed E-state index contributed by atoms with van der Waals surface area (Å²) in [5, 5.41) is 13.3. The molecule has 2 aromatic carbocycles. The van der Waals surface area contributed by atoms with E-state index in [9.17, 15) is 9.18 Å². The average Bonchev–Trinajstić information content (AvgIpc) is 3.32. The molecule has 1 saturated heterocycles. The van der Waals surface area contributed by atoms with Gasteiger partial charge in [0.05, 0.1) is 18.8 Å². The first kappa shape index (κ1) is 23.1. The second kappa shape index (κ2) is 9.93. The molecule has 5 rings (SSSR count). The smallest absolute Gasteiger partial charge is 0.253 e. The van der Waals surface area contributed by atoms with E-state index in [1.165, 1.54) is 6.07 Å². The van der Waals surface area contributed by atoms with Gasteiger partial charge in [-0.2, -0.15) is 0 Å². The van der Waals surface area contributed by atoms with Gasteiger partial charge in [0.15, 0.2) is 5.82 Å². The third-order valence-corrected chi connectivity index (χ3v) is 6.51. The molecule has 3 heterocycles. The highest BCUT2D eigenvalue weighted by molar-refractivity contribution is 5.79. The maximum atomic E-state index is 14.4. The predicted octanol–water partition coefficient (Wildman–Crippen LogP) is 2.52. The third-order valence-electron chi connectivity index (χ3n) is 6.51. The second-order valence-corrected chi connectivity index (χ2v) is 8.77. The largest absolute Gasteiger partial charge is 0.383 e. The van der Waals surface area contributed by atoms with Gasteiger partial charge in [-0.15, -0.1) is 5.10 Å². The first-order valence-electron chi connectivity index (χ1n) is 11.7. The Morgan fingerprint density at radius 2 is 1.91 bits per heavy atom. The Bertz CT molecular complexity index is 1380. The van der Waals surface area contributed by atoms with Crippen molar-refractivity contribution in [2.75, 3.05) is 44.8 Å². The van der Waals surface area contributed by atoms with Gasteiger partial charge in [0.1, 0.15) is 11.9 Å². The van der Waals surface area contributed by atoms with Crippen LogP contribution < -0.4 is 10.5 Å². The molecule has 2 aromatic heterocycles. The van der Waals surface area contributed by atoms with E-state index in [1.54, 1.807) is 23.9 Å². The molecule has 1 aliphatic heterocycles. The third kappa shape index (κ3) is 4.67. The number of ether oxygens (including phenoxy) is 1. The molecule has 1 N–H and O–H groups in total. The molecular formula is C25H28FN7O2. The maximum Gasteiger partial charge on any atom is 0.253 e. The summed E-state index contributed by atoms with van der Waals surface area (Å²) in [4.78, 5) is 20.6. The number of anilines is 1. The van der Waals surface area contributed by atoms with Crippen LogP contribution in [0.15, 0.2) is 53.3 Å². The molecule has 0 radical (unpaired) electrons. The number of methoxy groups -OCH3 is 1. The monoisotopic (exact) mass is 477 g/mol. The zero-order valence-electron chi connectivity index (χ0n) is 19.8. The van der Waals surface area contributed by atoms with Crippen LogP contribution in [-0.2, 0) is 11.3 Å². The summed E-state index contributed by atoms with van der Waals surface area (Å²) >= 11 is 0. The molecule has 9 nitrogen and oxygen atoms in total. The van der Waals surface area contributed by atoms with E-state index in [0.29, 0.717) is 56.4 Å². The van der Waals surface area contributed by atoms with E-state index >= 15 is 0 Å². The lowest BCUT2D eigenvalue weighted by Crippen LogP contribution is -2.49. The number of piperazine rings is 1. The number of fused-ring (bicyclic) bond motifs is 1. The Morgan fingerprint density at radius 1 is 1.11 bits per heavy atom. The Balaban J connectivity index is 1.53. The van der Waals surface area contributed by atoms with E-state index in [4.69, 9.17) is 4.74 Å². The van der Waals surface area contributed by atoms with Crippen molar-refractivity contribution < 1.29 is 9.13 Å². The van der Waals surface area contributed by atoms with Crippen LogP contribution in [-0.4, -0.2) is 70.0 Å². The number of para-hydroxylation sites is 1. The maximum absolute atomic E-state index is 14.4. The van der Waals surface area contributed by atoms with Crippen LogP contribution in [0.3, 0.4) is 0 Å². The zero-order valence-corrected chi connectivity index (χ0v) is 19.8. The number of nitrogens with one attached hydrogen (secondary N) is 1. The molecule has 0 spiro atoms. The molecule has 0 amide bonds. The first-order chi connectivity index (χ1) is 17.0. The highest BCUT2D eigenvalue weighted by Crippen LogP contribution is 2.29. The fraction of sp³-hybridized carbons (Fsp3) is 0.360.